The zero-order valence-corrected chi connectivity index (χ0v) is 24.3. The van der Waals surface area contributed by atoms with Crippen molar-refractivity contribution in [3.05, 3.63) is 53.0 Å². The second-order valence-electron chi connectivity index (χ2n) is 10.5. The minimum atomic E-state index is -0.779. The number of rotatable bonds is 22. The quantitative estimate of drug-likeness (QED) is 0.178. The second-order valence-corrected chi connectivity index (χ2v) is 10.5. The molecule has 0 fully saturated rings. The van der Waals surface area contributed by atoms with Crippen LogP contribution in [-0.4, -0.2) is 67.3 Å². The normalized spacial score (nSPS) is 13.6. The van der Waals surface area contributed by atoms with Crippen LogP contribution in [0.1, 0.15) is 93.1 Å². The van der Waals surface area contributed by atoms with Crippen molar-refractivity contribution in [1.29, 1.82) is 0 Å². The molecule has 0 unspecified atom stereocenters. The molecular weight excluding hydrogens is 508 g/mol. The molecule has 2 aromatic heterocycles. The third-order valence-electron chi connectivity index (χ3n) is 7.19. The van der Waals surface area contributed by atoms with Gasteiger partial charge < -0.3 is 24.1 Å². The van der Waals surface area contributed by atoms with Crippen LogP contribution in [0.5, 0.6) is 5.88 Å². The molecule has 1 aliphatic carbocycles. The van der Waals surface area contributed by atoms with E-state index in [0.29, 0.717) is 45.5 Å². The summed E-state index contributed by atoms with van der Waals surface area (Å²) in [6.45, 7) is 5.91. The average molecular weight is 557 g/mol. The van der Waals surface area contributed by atoms with Crippen LogP contribution >= 0.6 is 0 Å². The van der Waals surface area contributed by atoms with E-state index in [0.717, 1.165) is 63.5 Å². The number of unbranched alkanes of at least 4 members (excludes halogenated alkanes) is 3. The summed E-state index contributed by atoms with van der Waals surface area (Å²) in [6, 6.07) is 8.22. The molecular formula is C32H48N2O6. The Morgan fingerprint density at radius 2 is 1.60 bits per heavy atom. The molecule has 0 aliphatic heterocycles. The van der Waals surface area contributed by atoms with Gasteiger partial charge in [-0.15, -0.1) is 0 Å². The highest BCUT2D eigenvalue weighted by molar-refractivity contribution is 5.68. The van der Waals surface area contributed by atoms with Gasteiger partial charge in [-0.1, -0.05) is 38.3 Å². The van der Waals surface area contributed by atoms with Gasteiger partial charge >= 0.3 is 5.97 Å². The van der Waals surface area contributed by atoms with Gasteiger partial charge in [-0.05, 0) is 74.5 Å². The third-order valence-corrected chi connectivity index (χ3v) is 7.19. The molecule has 0 aromatic carbocycles. The second kappa shape index (κ2) is 19.5. The summed E-state index contributed by atoms with van der Waals surface area (Å²) in [5.41, 5.74) is 4.90. The van der Waals surface area contributed by atoms with E-state index in [1.54, 1.807) is 6.20 Å². The van der Waals surface area contributed by atoms with Gasteiger partial charge in [0.05, 0.1) is 39.5 Å². The third kappa shape index (κ3) is 12.7. The topological polar surface area (TPSA) is 100 Å². The summed E-state index contributed by atoms with van der Waals surface area (Å²) >= 11 is 0. The molecule has 2 heterocycles. The number of ether oxygens (including phenoxy) is 4. The van der Waals surface area contributed by atoms with Crippen molar-refractivity contribution in [2.45, 2.75) is 89.9 Å². The van der Waals surface area contributed by atoms with Crippen LogP contribution in [0.15, 0.2) is 30.5 Å². The molecule has 0 radical (unpaired) electrons. The highest BCUT2D eigenvalue weighted by atomic mass is 16.6. The molecule has 0 bridgehead atoms. The van der Waals surface area contributed by atoms with E-state index in [4.69, 9.17) is 23.9 Å². The summed E-state index contributed by atoms with van der Waals surface area (Å²) in [4.78, 5) is 20.8. The maximum atomic E-state index is 11.5. The predicted octanol–water partition coefficient (Wildman–Crippen LogP) is 5.95. The first-order chi connectivity index (χ1) is 19.7. The zero-order valence-electron chi connectivity index (χ0n) is 24.3. The van der Waals surface area contributed by atoms with Crippen LogP contribution in [0.2, 0.25) is 0 Å². The van der Waals surface area contributed by atoms with Gasteiger partial charge in [-0.2, -0.15) is 0 Å². The minimum absolute atomic E-state index is 0.0444. The molecule has 0 spiro atoms. The van der Waals surface area contributed by atoms with E-state index in [1.165, 1.54) is 36.2 Å². The lowest BCUT2D eigenvalue weighted by molar-refractivity contribution is -0.137. The molecule has 8 heteroatoms. The van der Waals surface area contributed by atoms with Crippen LogP contribution in [0.4, 0.5) is 0 Å². The Morgan fingerprint density at radius 1 is 0.875 bits per heavy atom. The van der Waals surface area contributed by atoms with Crippen molar-refractivity contribution < 1.29 is 28.8 Å². The van der Waals surface area contributed by atoms with E-state index < -0.39 is 5.97 Å². The fourth-order valence-electron chi connectivity index (χ4n) is 5.02. The average Bonchev–Trinajstić information content (AvgIpc) is 2.97. The molecule has 2 aromatic rings. The number of pyridine rings is 2. The van der Waals surface area contributed by atoms with Crippen molar-refractivity contribution in [3.8, 4) is 5.88 Å². The number of aromatic nitrogens is 2. The van der Waals surface area contributed by atoms with Gasteiger partial charge in [-0.25, -0.2) is 4.98 Å². The van der Waals surface area contributed by atoms with Gasteiger partial charge in [0.25, 0.3) is 0 Å². The highest BCUT2D eigenvalue weighted by Gasteiger charge is 2.16. The Kier molecular flexibility index (Phi) is 15.6. The first-order valence-electron chi connectivity index (χ1n) is 15.2. The molecule has 1 N–H and O–H groups in total. The molecule has 3 rings (SSSR count). The largest absolute Gasteiger partial charge is 0.481 e. The molecule has 1 atom stereocenters. The van der Waals surface area contributed by atoms with Crippen molar-refractivity contribution in [2.75, 3.05) is 46.2 Å². The van der Waals surface area contributed by atoms with Crippen LogP contribution in [0, 0.1) is 0 Å². The van der Waals surface area contributed by atoms with Crippen LogP contribution in [0.3, 0.4) is 0 Å². The lowest BCUT2D eigenvalue weighted by Crippen LogP contribution is -2.13. The maximum absolute atomic E-state index is 11.5. The molecule has 1 aliphatic rings. The predicted molar refractivity (Wildman–Crippen MR) is 155 cm³/mol. The van der Waals surface area contributed by atoms with Crippen molar-refractivity contribution in [1.82, 2.24) is 9.97 Å². The number of nitrogens with zero attached hydrogens (tertiary/aromatic N) is 2. The number of carbonyl (C=O) groups is 1. The number of fused-ring (bicyclic) bond motifs is 1. The van der Waals surface area contributed by atoms with Gasteiger partial charge in [0, 0.05) is 30.3 Å². The number of carboxylic acids is 1. The Labute approximate surface area is 239 Å². The van der Waals surface area contributed by atoms with Crippen LogP contribution < -0.4 is 4.74 Å². The first kappa shape index (κ1) is 32.0. The standard InChI is InChI=1S/C32H48N2O6/c1-2-17-37-18-19-38-20-21-39-22-23-40-31-16-14-28(25-33-31)27(24-32(35)36)10-5-3-4-6-11-29-15-13-26-9-7-8-12-30(26)34-29/h13-16,25,27H,2-12,17-24H2,1H3,(H,35,36)/t27-/m0/s1. The molecule has 40 heavy (non-hydrogen) atoms. The van der Waals surface area contributed by atoms with Gasteiger partial charge in [-0.3, -0.25) is 9.78 Å². The minimum Gasteiger partial charge on any atom is -0.481 e. The van der Waals surface area contributed by atoms with Crippen LogP contribution in [-0.2, 0) is 38.3 Å². The Morgan fingerprint density at radius 3 is 2.33 bits per heavy atom. The summed E-state index contributed by atoms with van der Waals surface area (Å²) in [6.07, 6.45) is 13.9. The number of aryl methyl sites for hydroxylation is 3. The van der Waals surface area contributed by atoms with Crippen molar-refractivity contribution in [3.63, 3.8) is 0 Å². The van der Waals surface area contributed by atoms with E-state index >= 15 is 0 Å². The molecule has 8 nitrogen and oxygen atoms in total. The smallest absolute Gasteiger partial charge is 0.303 e. The summed E-state index contributed by atoms with van der Waals surface area (Å²) < 4.78 is 22.0. The number of hydrogen-bond acceptors (Lipinski definition) is 7. The summed E-state index contributed by atoms with van der Waals surface area (Å²) in [7, 11) is 0. The van der Waals surface area contributed by atoms with Crippen molar-refractivity contribution in [2.24, 2.45) is 0 Å². The highest BCUT2D eigenvalue weighted by Crippen LogP contribution is 2.27. The van der Waals surface area contributed by atoms with Gasteiger partial charge in [0.2, 0.25) is 5.88 Å². The SMILES string of the molecule is CCCOCCOCCOCCOc1ccc([C@@H](CCCCCCc2ccc3c(n2)CCCC3)CC(=O)O)cn1. The Bertz CT molecular complexity index is 968. The number of carboxylic acid groups (broad SMARTS) is 1. The van der Waals surface area contributed by atoms with Crippen molar-refractivity contribution >= 4 is 5.97 Å². The summed E-state index contributed by atoms with van der Waals surface area (Å²) in [5, 5.41) is 9.44. The zero-order chi connectivity index (χ0) is 28.3. The number of hydrogen-bond donors (Lipinski definition) is 1. The van der Waals surface area contributed by atoms with Gasteiger partial charge in [0.15, 0.2) is 0 Å². The van der Waals surface area contributed by atoms with E-state index in [2.05, 4.69) is 24.0 Å². The maximum Gasteiger partial charge on any atom is 0.303 e. The lowest BCUT2D eigenvalue weighted by Gasteiger charge is -2.16. The Balaban J connectivity index is 1.28. The monoisotopic (exact) mass is 556 g/mol. The molecule has 0 saturated heterocycles. The fourth-order valence-corrected chi connectivity index (χ4v) is 5.02. The van der Waals surface area contributed by atoms with E-state index in [1.807, 2.05) is 12.1 Å². The molecule has 0 saturated carbocycles. The summed E-state index contributed by atoms with van der Waals surface area (Å²) in [5.74, 6) is -0.308. The van der Waals surface area contributed by atoms with E-state index in [-0.39, 0.29) is 12.3 Å². The number of aliphatic carboxylic acids is 1. The first-order valence-corrected chi connectivity index (χ1v) is 15.2. The van der Waals surface area contributed by atoms with E-state index in [9.17, 15) is 9.90 Å². The van der Waals surface area contributed by atoms with Gasteiger partial charge in [0.1, 0.15) is 6.61 Å². The Hall–Kier alpha value is -2.55. The fraction of sp³-hybridized carbons (Fsp3) is 0.656. The van der Waals surface area contributed by atoms with Crippen LogP contribution in [0.25, 0.3) is 0 Å². The molecule has 222 valence electrons. The lowest BCUT2D eigenvalue weighted by atomic mass is 9.91. The molecule has 0 amide bonds.